The predicted octanol–water partition coefficient (Wildman–Crippen LogP) is 2.64. The van der Waals surface area contributed by atoms with Crippen LogP contribution in [0.1, 0.15) is 11.1 Å². The highest BCUT2D eigenvalue weighted by Gasteiger charge is 2.01. The molecule has 0 bridgehead atoms. The van der Waals surface area contributed by atoms with Gasteiger partial charge in [-0.1, -0.05) is 36.4 Å². The minimum Gasteiger partial charge on any atom is -0.508 e. The number of hydrazone groups is 1. The van der Waals surface area contributed by atoms with E-state index >= 15 is 0 Å². The number of phenolic OH excluding ortho intramolecular Hbond substituents is 1. The van der Waals surface area contributed by atoms with Crippen molar-refractivity contribution in [2.24, 2.45) is 10.8 Å². The predicted molar refractivity (Wildman–Crippen MR) is 90.0 cm³/mol. The van der Waals surface area contributed by atoms with Crippen molar-refractivity contribution in [2.75, 3.05) is 0 Å². The van der Waals surface area contributed by atoms with Crippen molar-refractivity contribution in [1.82, 2.24) is 5.43 Å². The number of nitrogens with one attached hydrogen (secondary N) is 1. The standard InChI is InChI=1S/C16H15N3OS/c17-16(21)19-18-15(13-7-9-14(20)10-8-13)11-6-12-4-2-1-3-5-12/h1-11,20H,(H3,17,19,21)/b11-6+,18-15+. The van der Waals surface area contributed by atoms with Crippen LogP contribution in [0.4, 0.5) is 0 Å². The first kappa shape index (κ1) is 14.7. The van der Waals surface area contributed by atoms with Crippen LogP contribution >= 0.6 is 12.2 Å². The number of hydrogen-bond donors (Lipinski definition) is 3. The normalized spacial score (nSPS) is 11.5. The molecule has 0 spiro atoms. The summed E-state index contributed by atoms with van der Waals surface area (Å²) in [5, 5.41) is 13.6. The number of nitrogens with two attached hydrogens (primary N) is 1. The topological polar surface area (TPSA) is 70.6 Å². The Morgan fingerprint density at radius 1 is 1.10 bits per heavy atom. The second-order valence-corrected chi connectivity index (χ2v) is 4.70. The zero-order valence-corrected chi connectivity index (χ0v) is 12.0. The maximum absolute atomic E-state index is 9.35. The summed E-state index contributed by atoms with van der Waals surface area (Å²) in [4.78, 5) is 0. The zero-order chi connectivity index (χ0) is 15.1. The highest BCUT2D eigenvalue weighted by molar-refractivity contribution is 7.80. The van der Waals surface area contributed by atoms with E-state index in [-0.39, 0.29) is 10.9 Å². The van der Waals surface area contributed by atoms with E-state index in [0.29, 0.717) is 5.71 Å². The minimum atomic E-state index is 0.0967. The van der Waals surface area contributed by atoms with Crippen LogP contribution in [-0.2, 0) is 0 Å². The van der Waals surface area contributed by atoms with E-state index < -0.39 is 0 Å². The molecular formula is C16H15N3OS. The Hall–Kier alpha value is -2.66. The number of nitrogens with zero attached hydrogens (tertiary/aromatic N) is 1. The first-order valence-corrected chi connectivity index (χ1v) is 6.71. The highest BCUT2D eigenvalue weighted by atomic mass is 32.1. The summed E-state index contributed by atoms with van der Waals surface area (Å²) < 4.78 is 0. The Morgan fingerprint density at radius 2 is 1.76 bits per heavy atom. The second kappa shape index (κ2) is 7.21. The lowest BCUT2D eigenvalue weighted by Gasteiger charge is -2.03. The molecule has 0 radical (unpaired) electrons. The van der Waals surface area contributed by atoms with Gasteiger partial charge in [0.15, 0.2) is 5.11 Å². The van der Waals surface area contributed by atoms with Crippen molar-refractivity contribution >= 4 is 29.1 Å². The lowest BCUT2D eigenvalue weighted by Crippen LogP contribution is -2.25. The third kappa shape index (κ3) is 4.74. The molecule has 4 N–H and O–H groups in total. The van der Waals surface area contributed by atoms with Crippen LogP contribution in [0, 0.1) is 0 Å². The van der Waals surface area contributed by atoms with E-state index in [4.69, 9.17) is 18.0 Å². The average molecular weight is 297 g/mol. The molecule has 0 aromatic heterocycles. The van der Waals surface area contributed by atoms with Crippen LogP contribution in [0.3, 0.4) is 0 Å². The first-order chi connectivity index (χ1) is 10.1. The molecule has 0 amide bonds. The van der Waals surface area contributed by atoms with Crippen molar-refractivity contribution in [3.05, 3.63) is 71.8 Å². The molecule has 106 valence electrons. The third-order valence-corrected chi connectivity index (χ3v) is 2.77. The Labute approximate surface area is 128 Å². The van der Waals surface area contributed by atoms with Crippen molar-refractivity contribution < 1.29 is 5.11 Å². The number of aromatic hydroxyl groups is 1. The van der Waals surface area contributed by atoms with E-state index in [1.165, 1.54) is 0 Å². The summed E-state index contributed by atoms with van der Waals surface area (Å²) in [6, 6.07) is 16.6. The molecule has 0 saturated carbocycles. The van der Waals surface area contributed by atoms with Gasteiger partial charge in [-0.25, -0.2) is 0 Å². The molecule has 0 aliphatic heterocycles. The van der Waals surface area contributed by atoms with Crippen LogP contribution in [0.5, 0.6) is 5.75 Å². The lowest BCUT2D eigenvalue weighted by atomic mass is 10.1. The van der Waals surface area contributed by atoms with E-state index in [1.54, 1.807) is 24.3 Å². The highest BCUT2D eigenvalue weighted by Crippen LogP contribution is 2.12. The number of rotatable bonds is 4. The molecule has 0 heterocycles. The molecule has 2 aromatic carbocycles. The summed E-state index contributed by atoms with van der Waals surface area (Å²) in [5.74, 6) is 0.201. The molecule has 4 nitrogen and oxygen atoms in total. The summed E-state index contributed by atoms with van der Waals surface area (Å²) in [6.45, 7) is 0. The summed E-state index contributed by atoms with van der Waals surface area (Å²) >= 11 is 4.76. The fraction of sp³-hybridized carbons (Fsp3) is 0. The van der Waals surface area contributed by atoms with Crippen LogP contribution in [0.25, 0.3) is 6.08 Å². The molecule has 0 aliphatic carbocycles. The Kier molecular flexibility index (Phi) is 5.06. The number of benzene rings is 2. The summed E-state index contributed by atoms with van der Waals surface area (Å²) in [5.41, 5.74) is 10.5. The Morgan fingerprint density at radius 3 is 2.38 bits per heavy atom. The van der Waals surface area contributed by atoms with Crippen molar-refractivity contribution in [3.63, 3.8) is 0 Å². The van der Waals surface area contributed by atoms with Gasteiger partial charge in [0, 0.05) is 5.56 Å². The van der Waals surface area contributed by atoms with E-state index in [2.05, 4.69) is 10.5 Å². The summed E-state index contributed by atoms with van der Waals surface area (Å²) in [6.07, 6.45) is 3.79. The van der Waals surface area contributed by atoms with Gasteiger partial charge in [-0.3, -0.25) is 5.43 Å². The van der Waals surface area contributed by atoms with Crippen molar-refractivity contribution in [1.29, 1.82) is 0 Å². The van der Waals surface area contributed by atoms with E-state index in [0.717, 1.165) is 11.1 Å². The second-order valence-electron chi connectivity index (χ2n) is 4.26. The number of thiocarbonyl (C=S) groups is 1. The molecule has 5 heteroatoms. The Bertz CT molecular complexity index is 664. The van der Waals surface area contributed by atoms with Crippen LogP contribution in [-0.4, -0.2) is 15.9 Å². The molecule has 0 aliphatic rings. The smallest absolute Gasteiger partial charge is 0.184 e. The zero-order valence-electron chi connectivity index (χ0n) is 11.2. The van der Waals surface area contributed by atoms with Gasteiger partial charge in [-0.2, -0.15) is 5.10 Å². The molecular weight excluding hydrogens is 282 g/mol. The van der Waals surface area contributed by atoms with Gasteiger partial charge in [-0.05, 0) is 48.1 Å². The van der Waals surface area contributed by atoms with Crippen LogP contribution in [0.2, 0.25) is 0 Å². The number of allylic oxidation sites excluding steroid dienone is 1. The molecule has 0 fully saturated rings. The van der Waals surface area contributed by atoms with Gasteiger partial charge in [0.25, 0.3) is 0 Å². The quantitative estimate of drug-likeness (QED) is 0.461. The van der Waals surface area contributed by atoms with Gasteiger partial charge in [0.05, 0.1) is 5.71 Å². The minimum absolute atomic E-state index is 0.0967. The van der Waals surface area contributed by atoms with Gasteiger partial charge < -0.3 is 10.8 Å². The Balaban J connectivity index is 2.28. The van der Waals surface area contributed by atoms with Crippen LogP contribution < -0.4 is 11.2 Å². The van der Waals surface area contributed by atoms with Crippen molar-refractivity contribution in [2.45, 2.75) is 0 Å². The number of phenols is 1. The maximum atomic E-state index is 9.35. The first-order valence-electron chi connectivity index (χ1n) is 6.31. The fourth-order valence-electron chi connectivity index (χ4n) is 1.68. The molecule has 2 aromatic rings. The number of hydrogen-bond acceptors (Lipinski definition) is 3. The molecule has 21 heavy (non-hydrogen) atoms. The fourth-order valence-corrected chi connectivity index (χ4v) is 1.73. The van der Waals surface area contributed by atoms with Crippen LogP contribution in [0.15, 0.2) is 65.8 Å². The lowest BCUT2D eigenvalue weighted by molar-refractivity contribution is 0.475. The monoisotopic (exact) mass is 297 g/mol. The van der Waals surface area contributed by atoms with Gasteiger partial charge in [0.2, 0.25) is 0 Å². The average Bonchev–Trinajstić information content (AvgIpc) is 2.49. The van der Waals surface area contributed by atoms with Crippen molar-refractivity contribution in [3.8, 4) is 5.75 Å². The van der Waals surface area contributed by atoms with E-state index in [9.17, 15) is 5.11 Å². The molecule has 2 rings (SSSR count). The maximum Gasteiger partial charge on any atom is 0.184 e. The summed E-state index contributed by atoms with van der Waals surface area (Å²) in [7, 11) is 0. The van der Waals surface area contributed by atoms with Gasteiger partial charge in [0.1, 0.15) is 5.75 Å². The molecule has 0 saturated heterocycles. The van der Waals surface area contributed by atoms with Gasteiger partial charge >= 0.3 is 0 Å². The largest absolute Gasteiger partial charge is 0.508 e. The SMILES string of the molecule is NC(=S)N/N=C(\C=C\c1ccccc1)c1ccc(O)cc1. The molecule has 0 unspecified atom stereocenters. The molecule has 0 atom stereocenters. The third-order valence-electron chi connectivity index (χ3n) is 2.68. The van der Waals surface area contributed by atoms with Gasteiger partial charge in [-0.15, -0.1) is 0 Å². The van der Waals surface area contributed by atoms with E-state index in [1.807, 2.05) is 42.5 Å².